The first kappa shape index (κ1) is 38.3. The lowest BCUT2D eigenvalue weighted by Crippen LogP contribution is -2.54. The molecule has 1 atom stereocenters. The predicted molar refractivity (Wildman–Crippen MR) is 203 cm³/mol. The first-order chi connectivity index (χ1) is 26.0. The lowest BCUT2D eigenvalue weighted by atomic mass is 9.99. The van der Waals surface area contributed by atoms with Gasteiger partial charge in [0, 0.05) is 69.9 Å². The van der Waals surface area contributed by atoms with E-state index in [1.807, 2.05) is 32.0 Å². The van der Waals surface area contributed by atoms with Gasteiger partial charge >= 0.3 is 0 Å². The van der Waals surface area contributed by atoms with E-state index in [1.54, 1.807) is 39.9 Å². The van der Waals surface area contributed by atoms with E-state index in [4.69, 9.17) is 26.9 Å². The maximum Gasteiger partial charge on any atom is 0.252 e. The molecule has 2 aromatic heterocycles. The van der Waals surface area contributed by atoms with Crippen LogP contribution < -0.4 is 15.8 Å². The number of fused-ring (bicyclic) bond motifs is 1. The molecule has 2 saturated heterocycles. The molecule has 2 aromatic carbocycles. The molecule has 284 valence electrons. The minimum atomic E-state index is -0.545. The van der Waals surface area contributed by atoms with Crippen molar-refractivity contribution in [2.24, 2.45) is 0 Å². The quantitative estimate of drug-likeness (QED) is 0.109. The smallest absolute Gasteiger partial charge is 0.252 e. The number of nitrogens with two attached hydrogens (primary N) is 1. The number of carbonyl (C=O) groups excluding carboxylic acids is 2. The molecule has 2 amide bonds. The number of carbonyl (C=O) groups is 2. The Morgan fingerprint density at radius 1 is 1.07 bits per heavy atom. The molecular weight excluding hydrogens is 691 g/mol. The number of anilines is 1. The average molecular weight is 739 g/mol. The Morgan fingerprint density at radius 2 is 1.85 bits per heavy atom. The fourth-order valence-corrected chi connectivity index (χ4v) is 7.07. The summed E-state index contributed by atoms with van der Waals surface area (Å²) < 4.78 is 28.8. The summed E-state index contributed by atoms with van der Waals surface area (Å²) in [6.45, 7) is 19.9. The molecule has 0 radical (unpaired) electrons. The van der Waals surface area contributed by atoms with Crippen LogP contribution in [0, 0.1) is 12.4 Å². The highest BCUT2D eigenvalue weighted by atomic mass is 19.1. The van der Waals surface area contributed by atoms with Crippen LogP contribution in [0.25, 0.3) is 27.1 Å². The topological polar surface area (TPSA) is 148 Å². The number of halogens is 1. The van der Waals surface area contributed by atoms with Crippen LogP contribution in [0.1, 0.15) is 33.6 Å². The number of hydrogen-bond donors (Lipinski definition) is 2. The van der Waals surface area contributed by atoms with Crippen molar-refractivity contribution in [3.63, 3.8) is 0 Å². The molecule has 0 aliphatic carbocycles. The minimum Gasteiger partial charge on any atom is -0.457 e. The zero-order valence-corrected chi connectivity index (χ0v) is 31.0. The summed E-state index contributed by atoms with van der Waals surface area (Å²) in [6, 6.07) is 13.4. The predicted octanol–water partition coefficient (Wildman–Crippen LogP) is 4.35. The van der Waals surface area contributed by atoms with Gasteiger partial charge in [0.1, 0.15) is 35.2 Å². The van der Waals surface area contributed by atoms with Gasteiger partial charge in [-0.3, -0.25) is 19.4 Å². The number of aromatic nitrogens is 4. The largest absolute Gasteiger partial charge is 0.457 e. The molecule has 0 unspecified atom stereocenters. The first-order valence-corrected chi connectivity index (χ1v) is 18.2. The number of nitrogens with zero attached hydrogens (tertiary/aromatic N) is 8. The highest BCUT2D eigenvalue weighted by Gasteiger charge is 2.35. The average Bonchev–Trinajstić information content (AvgIpc) is 3.78. The van der Waals surface area contributed by atoms with Crippen LogP contribution in [0.5, 0.6) is 11.5 Å². The van der Waals surface area contributed by atoms with Gasteiger partial charge in [0.05, 0.1) is 37.8 Å². The van der Waals surface area contributed by atoms with E-state index < -0.39 is 11.4 Å². The molecule has 2 aliphatic heterocycles. The third-order valence-corrected chi connectivity index (χ3v) is 9.94. The SMILES string of the molecule is [C-]#[N+]/C(=C\C(C)(C)N1CCN(CCOCCNC(C)=O)CC1)C(=O)N1CCC[C@H]1Cn1nc(-c2ccc(Oc3ccccc3)cc2F)c2c(N)ncnc21. The zero-order chi connectivity index (χ0) is 38.2. The normalized spacial score (nSPS) is 17.1. The van der Waals surface area contributed by atoms with Gasteiger partial charge in [-0.15, -0.1) is 0 Å². The van der Waals surface area contributed by atoms with Crippen molar-refractivity contribution in [3.8, 4) is 22.8 Å². The van der Waals surface area contributed by atoms with Gasteiger partial charge in [-0.2, -0.15) is 5.10 Å². The van der Waals surface area contributed by atoms with Crippen LogP contribution in [0.3, 0.4) is 0 Å². The van der Waals surface area contributed by atoms with Crippen molar-refractivity contribution < 1.29 is 23.5 Å². The molecule has 3 N–H and O–H groups in total. The van der Waals surface area contributed by atoms with E-state index in [1.165, 1.54) is 19.3 Å². The van der Waals surface area contributed by atoms with Crippen molar-refractivity contribution in [1.29, 1.82) is 0 Å². The van der Waals surface area contributed by atoms with E-state index in [-0.39, 0.29) is 41.5 Å². The molecule has 0 bridgehead atoms. The molecule has 0 saturated carbocycles. The summed E-state index contributed by atoms with van der Waals surface area (Å²) in [5, 5.41) is 7.93. The van der Waals surface area contributed by atoms with Crippen LogP contribution in [0.15, 0.2) is 66.6 Å². The van der Waals surface area contributed by atoms with Crippen molar-refractivity contribution in [2.45, 2.75) is 51.7 Å². The summed E-state index contributed by atoms with van der Waals surface area (Å²) >= 11 is 0. The van der Waals surface area contributed by atoms with Crippen LogP contribution >= 0.6 is 0 Å². The first-order valence-electron chi connectivity index (χ1n) is 18.2. The number of para-hydroxylation sites is 1. The van der Waals surface area contributed by atoms with Gasteiger partial charge in [-0.25, -0.2) is 23.9 Å². The number of nitrogen functional groups attached to an aromatic ring is 1. The van der Waals surface area contributed by atoms with Crippen LogP contribution in [0.4, 0.5) is 10.2 Å². The number of rotatable bonds is 14. The van der Waals surface area contributed by atoms with E-state index in [0.717, 1.165) is 39.1 Å². The fourth-order valence-electron chi connectivity index (χ4n) is 7.07. The van der Waals surface area contributed by atoms with Crippen molar-refractivity contribution in [3.05, 3.63) is 83.9 Å². The molecule has 2 aliphatic rings. The van der Waals surface area contributed by atoms with Gasteiger partial charge in [0.25, 0.3) is 5.91 Å². The fraction of sp³-hybridized carbons (Fsp3) is 0.436. The Morgan fingerprint density at radius 3 is 2.57 bits per heavy atom. The van der Waals surface area contributed by atoms with Gasteiger partial charge in [0.15, 0.2) is 5.65 Å². The maximum atomic E-state index is 15.7. The van der Waals surface area contributed by atoms with Gasteiger partial charge in [-0.1, -0.05) is 24.3 Å². The molecule has 0 spiro atoms. The number of nitrogens with one attached hydrogen (secondary N) is 1. The molecule has 2 fully saturated rings. The van der Waals surface area contributed by atoms with E-state index in [9.17, 15) is 9.59 Å². The molecule has 6 rings (SSSR count). The lowest BCUT2D eigenvalue weighted by molar-refractivity contribution is -0.128. The van der Waals surface area contributed by atoms with Crippen molar-refractivity contribution in [2.75, 3.05) is 64.8 Å². The van der Waals surface area contributed by atoms with Crippen molar-refractivity contribution in [1.82, 2.24) is 39.8 Å². The summed E-state index contributed by atoms with van der Waals surface area (Å²) in [5.74, 6) is 0.153. The summed E-state index contributed by atoms with van der Waals surface area (Å²) in [5.41, 5.74) is 6.82. The highest BCUT2D eigenvalue weighted by Crippen LogP contribution is 2.35. The summed E-state index contributed by atoms with van der Waals surface area (Å²) in [7, 11) is 0. The van der Waals surface area contributed by atoms with E-state index >= 15 is 4.39 Å². The second kappa shape index (κ2) is 17.1. The highest BCUT2D eigenvalue weighted by molar-refractivity contribution is 5.98. The van der Waals surface area contributed by atoms with Crippen LogP contribution in [-0.4, -0.2) is 117 Å². The monoisotopic (exact) mass is 738 g/mol. The second-order valence-corrected chi connectivity index (χ2v) is 14.1. The lowest BCUT2D eigenvalue weighted by Gasteiger charge is -2.43. The number of benzene rings is 2. The third-order valence-electron chi connectivity index (χ3n) is 9.94. The Hall–Kier alpha value is -5.43. The van der Waals surface area contributed by atoms with Gasteiger partial charge in [-0.05, 0) is 51.0 Å². The van der Waals surface area contributed by atoms with Crippen LogP contribution in [0.2, 0.25) is 0 Å². The molecule has 15 heteroatoms. The Bertz CT molecular complexity index is 2020. The van der Waals surface area contributed by atoms with E-state index in [0.29, 0.717) is 61.0 Å². The number of ether oxygens (including phenoxy) is 2. The molecule has 14 nitrogen and oxygen atoms in total. The number of piperazine rings is 1. The summed E-state index contributed by atoms with van der Waals surface area (Å²) in [4.78, 5) is 43.7. The Labute approximate surface area is 314 Å². The Kier molecular flexibility index (Phi) is 12.2. The van der Waals surface area contributed by atoms with Gasteiger partial charge < -0.3 is 25.4 Å². The maximum absolute atomic E-state index is 15.7. The standard InChI is InChI=1S/C39H47FN10O4/c1-27(51)43-14-21-53-22-20-47-16-18-48(19-17-47)39(2,3)24-33(42-4)38(52)49-15-8-9-28(49)25-50-37-34(36(41)44-26-45-37)35(46-50)31-13-12-30(23-32(31)40)54-29-10-6-5-7-11-29/h5-7,10-13,23-24,26,28H,8-9,14-22,25H2,1-3H3,(H,43,51)(H2,41,44,45)/b33-24-/t28-/m0/s1. The van der Waals surface area contributed by atoms with Crippen LogP contribution in [-0.2, 0) is 20.9 Å². The van der Waals surface area contributed by atoms with Gasteiger partial charge in [0.2, 0.25) is 11.6 Å². The second-order valence-electron chi connectivity index (χ2n) is 14.1. The number of likely N-dealkylation sites (tertiary alicyclic amines) is 1. The number of amides is 2. The summed E-state index contributed by atoms with van der Waals surface area (Å²) in [6.07, 6.45) is 4.61. The zero-order valence-electron chi connectivity index (χ0n) is 31.0. The minimum absolute atomic E-state index is 0.0685. The van der Waals surface area contributed by atoms with E-state index in [2.05, 4.69) is 29.9 Å². The molecule has 4 aromatic rings. The number of hydrogen-bond acceptors (Lipinski definition) is 10. The molecule has 54 heavy (non-hydrogen) atoms. The molecular formula is C39H47FN10O4. The Balaban J connectivity index is 1.13. The van der Waals surface area contributed by atoms with Crippen molar-refractivity contribution >= 4 is 28.7 Å². The third kappa shape index (κ3) is 9.02. The molecule has 4 heterocycles.